The Balaban J connectivity index is 1.48. The van der Waals surface area contributed by atoms with Gasteiger partial charge in [0.05, 0.1) is 17.2 Å². The summed E-state index contributed by atoms with van der Waals surface area (Å²) in [6.07, 6.45) is 1.23. The van der Waals surface area contributed by atoms with Gasteiger partial charge in [-0.1, -0.05) is 6.07 Å². The topological polar surface area (TPSA) is 81.2 Å². The molecule has 7 nitrogen and oxygen atoms in total. The van der Waals surface area contributed by atoms with Gasteiger partial charge in [-0.3, -0.25) is 14.5 Å². The molecule has 0 bridgehead atoms. The van der Waals surface area contributed by atoms with E-state index in [1.807, 2.05) is 48.1 Å². The van der Waals surface area contributed by atoms with Crippen molar-refractivity contribution >= 4 is 35.1 Å². The molecule has 2 aromatic heterocycles. The van der Waals surface area contributed by atoms with E-state index in [0.29, 0.717) is 29.4 Å². The van der Waals surface area contributed by atoms with E-state index in [1.54, 1.807) is 11.3 Å². The Morgan fingerprint density at radius 1 is 1.52 bits per heavy atom. The Morgan fingerprint density at radius 2 is 2.38 bits per heavy atom. The van der Waals surface area contributed by atoms with E-state index in [0.717, 1.165) is 28.4 Å². The normalized spacial score (nSPS) is 15.0. The quantitative estimate of drug-likeness (QED) is 0.542. The molecule has 1 aliphatic heterocycles. The number of hydrogen-bond donors (Lipinski definition) is 2. The zero-order chi connectivity index (χ0) is 20.4. The number of aromatic nitrogens is 3. The van der Waals surface area contributed by atoms with Crippen molar-refractivity contribution < 1.29 is 14.3 Å². The van der Waals surface area contributed by atoms with Crippen LogP contribution in [0.3, 0.4) is 0 Å². The fourth-order valence-corrected chi connectivity index (χ4v) is 4.30. The molecule has 0 saturated carbocycles. The second-order valence-electron chi connectivity index (χ2n) is 6.80. The largest absolute Gasteiger partial charge is 0.492 e. The minimum Gasteiger partial charge on any atom is -0.492 e. The van der Waals surface area contributed by atoms with Crippen molar-refractivity contribution in [3.05, 3.63) is 40.0 Å². The van der Waals surface area contributed by atoms with E-state index >= 15 is 0 Å². The van der Waals surface area contributed by atoms with Crippen molar-refractivity contribution in [2.45, 2.75) is 39.3 Å². The van der Waals surface area contributed by atoms with Gasteiger partial charge in [0.2, 0.25) is 5.91 Å². The molecule has 1 aromatic carbocycles. The summed E-state index contributed by atoms with van der Waals surface area (Å²) in [5.41, 5.74) is 1.73. The number of thiophene rings is 1. The Hall–Kier alpha value is -2.65. The molecule has 2 N–H and O–H groups in total. The fourth-order valence-electron chi connectivity index (χ4n) is 3.36. The molecule has 0 radical (unpaired) electrons. The molecular formula is C20H22N4O3S2. The summed E-state index contributed by atoms with van der Waals surface area (Å²) in [6.45, 7) is 4.90. The average Bonchev–Trinajstić information content (AvgIpc) is 3.40. The van der Waals surface area contributed by atoms with Crippen LogP contribution in [0.5, 0.6) is 11.5 Å². The molecule has 0 spiro atoms. The van der Waals surface area contributed by atoms with Crippen LogP contribution in [0.2, 0.25) is 0 Å². The van der Waals surface area contributed by atoms with E-state index in [-0.39, 0.29) is 18.4 Å². The summed E-state index contributed by atoms with van der Waals surface area (Å²) in [4.78, 5) is 13.7. The number of benzene rings is 1. The molecule has 1 atom stereocenters. The third kappa shape index (κ3) is 4.20. The molecule has 1 unspecified atom stereocenters. The maximum absolute atomic E-state index is 12.7. The second kappa shape index (κ2) is 8.38. The van der Waals surface area contributed by atoms with Crippen LogP contribution in [0.15, 0.2) is 29.6 Å². The summed E-state index contributed by atoms with van der Waals surface area (Å²) in [5.74, 6) is 2.08. The first-order valence-corrected chi connectivity index (χ1v) is 10.8. The monoisotopic (exact) mass is 430 g/mol. The summed E-state index contributed by atoms with van der Waals surface area (Å²) in [5, 5.41) is 12.0. The van der Waals surface area contributed by atoms with Crippen molar-refractivity contribution in [1.82, 2.24) is 14.8 Å². The number of ether oxygens (including phenoxy) is 2. The fraction of sp³-hybridized carbons (Fsp3) is 0.350. The van der Waals surface area contributed by atoms with Crippen molar-refractivity contribution in [1.29, 1.82) is 0 Å². The summed E-state index contributed by atoms with van der Waals surface area (Å²) in [6, 6.07) is 7.74. The number of rotatable bonds is 7. The van der Waals surface area contributed by atoms with Crippen LogP contribution in [0.4, 0.5) is 5.69 Å². The van der Waals surface area contributed by atoms with E-state index < -0.39 is 0 Å². The lowest BCUT2D eigenvalue weighted by atomic mass is 10.1. The van der Waals surface area contributed by atoms with Crippen LogP contribution in [-0.4, -0.2) is 33.4 Å². The van der Waals surface area contributed by atoms with Gasteiger partial charge in [0, 0.05) is 31.0 Å². The van der Waals surface area contributed by atoms with E-state index in [9.17, 15) is 4.79 Å². The Labute approximate surface area is 177 Å². The standard InChI is InChI=1S/C20H22N4O3S2/c1-3-26-16-10-13-9-12(2)27-15(13)11-14(16)21-18(25)6-7-24-19(22-23-20(24)28)17-5-4-8-29-17/h4-5,8,10-12H,3,6-7,9H2,1-2H3,(H,21,25)(H,23,28). The number of carbonyl (C=O) groups is 1. The van der Waals surface area contributed by atoms with E-state index in [4.69, 9.17) is 21.7 Å². The average molecular weight is 431 g/mol. The number of anilines is 1. The predicted molar refractivity (Wildman–Crippen MR) is 115 cm³/mol. The lowest BCUT2D eigenvalue weighted by Gasteiger charge is -2.14. The molecular weight excluding hydrogens is 408 g/mol. The SMILES string of the molecule is CCOc1cc2c(cc1NC(=O)CCn1c(-c3cccs3)n[nH]c1=S)OC(C)C2. The number of amides is 1. The highest BCUT2D eigenvalue weighted by molar-refractivity contribution is 7.71. The third-order valence-electron chi connectivity index (χ3n) is 4.63. The molecule has 29 heavy (non-hydrogen) atoms. The first-order chi connectivity index (χ1) is 14.0. The van der Waals surface area contributed by atoms with Gasteiger partial charge in [0.1, 0.15) is 17.6 Å². The van der Waals surface area contributed by atoms with Gasteiger partial charge in [0.25, 0.3) is 0 Å². The first kappa shape index (κ1) is 19.7. The zero-order valence-corrected chi connectivity index (χ0v) is 17.9. The summed E-state index contributed by atoms with van der Waals surface area (Å²) < 4.78 is 13.9. The third-order valence-corrected chi connectivity index (χ3v) is 5.81. The van der Waals surface area contributed by atoms with Gasteiger partial charge in [-0.25, -0.2) is 0 Å². The number of hydrogen-bond acceptors (Lipinski definition) is 6. The number of aromatic amines is 1. The minimum atomic E-state index is -0.128. The smallest absolute Gasteiger partial charge is 0.226 e. The summed E-state index contributed by atoms with van der Waals surface area (Å²) >= 11 is 6.91. The molecule has 9 heteroatoms. The molecule has 0 aliphatic carbocycles. The molecule has 152 valence electrons. The van der Waals surface area contributed by atoms with Crippen LogP contribution in [0.25, 0.3) is 10.7 Å². The number of fused-ring (bicyclic) bond motifs is 1. The highest BCUT2D eigenvalue weighted by Crippen LogP contribution is 2.38. The van der Waals surface area contributed by atoms with Crippen molar-refractivity contribution in [3.63, 3.8) is 0 Å². The van der Waals surface area contributed by atoms with Gasteiger partial charge in [-0.15, -0.1) is 11.3 Å². The van der Waals surface area contributed by atoms with Crippen molar-refractivity contribution in [2.24, 2.45) is 0 Å². The Kier molecular flexibility index (Phi) is 5.68. The van der Waals surface area contributed by atoms with Crippen LogP contribution in [0, 0.1) is 4.77 Å². The predicted octanol–water partition coefficient (Wildman–Crippen LogP) is 4.42. The number of carbonyl (C=O) groups excluding carboxylic acids is 1. The molecule has 1 aliphatic rings. The van der Waals surface area contributed by atoms with Crippen LogP contribution >= 0.6 is 23.6 Å². The molecule has 4 rings (SSSR count). The Morgan fingerprint density at radius 3 is 3.14 bits per heavy atom. The van der Waals surface area contributed by atoms with Crippen molar-refractivity contribution in [3.8, 4) is 22.2 Å². The van der Waals surface area contributed by atoms with Gasteiger partial charge >= 0.3 is 0 Å². The van der Waals surface area contributed by atoms with Crippen LogP contribution in [0.1, 0.15) is 25.8 Å². The van der Waals surface area contributed by atoms with Gasteiger partial charge in [0.15, 0.2) is 10.6 Å². The number of nitrogens with zero attached hydrogens (tertiary/aromatic N) is 2. The van der Waals surface area contributed by atoms with Gasteiger partial charge in [-0.2, -0.15) is 5.10 Å². The number of H-pyrrole nitrogens is 1. The molecule has 3 aromatic rings. The first-order valence-electron chi connectivity index (χ1n) is 9.50. The van der Waals surface area contributed by atoms with Gasteiger partial charge in [-0.05, 0) is 43.6 Å². The molecule has 0 fully saturated rings. The maximum atomic E-state index is 12.7. The second-order valence-corrected chi connectivity index (χ2v) is 8.14. The number of nitrogens with one attached hydrogen (secondary N) is 2. The highest BCUT2D eigenvalue weighted by Gasteiger charge is 2.22. The van der Waals surface area contributed by atoms with E-state index in [2.05, 4.69) is 15.5 Å². The van der Waals surface area contributed by atoms with Crippen LogP contribution < -0.4 is 14.8 Å². The van der Waals surface area contributed by atoms with Crippen molar-refractivity contribution in [2.75, 3.05) is 11.9 Å². The lowest BCUT2D eigenvalue weighted by Crippen LogP contribution is -2.16. The minimum absolute atomic E-state index is 0.128. The molecule has 1 amide bonds. The van der Waals surface area contributed by atoms with Crippen LogP contribution in [-0.2, 0) is 17.8 Å². The lowest BCUT2D eigenvalue weighted by molar-refractivity contribution is -0.116. The highest BCUT2D eigenvalue weighted by atomic mass is 32.1. The summed E-state index contributed by atoms with van der Waals surface area (Å²) in [7, 11) is 0. The maximum Gasteiger partial charge on any atom is 0.226 e. The molecule has 3 heterocycles. The molecule has 0 saturated heterocycles. The zero-order valence-electron chi connectivity index (χ0n) is 16.2. The van der Waals surface area contributed by atoms with Gasteiger partial charge < -0.3 is 14.8 Å². The van der Waals surface area contributed by atoms with E-state index in [1.165, 1.54) is 0 Å². The Bertz CT molecular complexity index is 1070.